The fraction of sp³-hybridized carbons (Fsp3) is 0.444. The van der Waals surface area contributed by atoms with E-state index in [0.29, 0.717) is 11.8 Å². The molecule has 2 saturated carbocycles. The van der Waals surface area contributed by atoms with E-state index in [1.807, 2.05) is 12.2 Å². The molecule has 1 saturated heterocycles. The second-order valence-electron chi connectivity index (χ2n) is 7.18. The third-order valence-corrected chi connectivity index (χ3v) is 6.11. The summed E-state index contributed by atoms with van der Waals surface area (Å²) in [5, 5.41) is 0. The van der Waals surface area contributed by atoms with Gasteiger partial charge in [-0.1, -0.05) is 24.3 Å². The van der Waals surface area contributed by atoms with Gasteiger partial charge in [0.1, 0.15) is 0 Å². The molecule has 1 aromatic rings. The number of para-hydroxylation sites is 1. The van der Waals surface area contributed by atoms with Gasteiger partial charge in [0.15, 0.2) is 0 Å². The smallest absolute Gasteiger partial charge is 0.274 e. The quantitative estimate of drug-likeness (QED) is 0.584. The lowest BCUT2D eigenvalue weighted by Gasteiger charge is -2.37. The fourth-order valence-corrected chi connectivity index (χ4v) is 5.10. The van der Waals surface area contributed by atoms with Crippen molar-refractivity contribution in [3.05, 3.63) is 42.0 Å². The molecule has 1 heterocycles. The van der Waals surface area contributed by atoms with Crippen molar-refractivity contribution in [2.75, 3.05) is 4.90 Å². The second-order valence-corrected chi connectivity index (χ2v) is 7.18. The predicted octanol–water partition coefficient (Wildman–Crippen LogP) is 3.26. The van der Waals surface area contributed by atoms with Gasteiger partial charge in [-0.05, 0) is 42.2 Å². The van der Waals surface area contributed by atoms with Gasteiger partial charge in [0, 0.05) is 0 Å². The number of carbonyl (C=O) groups excluding carboxylic acids is 2. The van der Waals surface area contributed by atoms with Crippen molar-refractivity contribution in [1.29, 1.82) is 0 Å². The Morgan fingerprint density at radius 2 is 1.46 bits per heavy atom. The molecule has 2 amide bonds. The van der Waals surface area contributed by atoms with Crippen LogP contribution in [0.1, 0.15) is 12.0 Å². The average molecular weight is 333 g/mol. The second kappa shape index (κ2) is 4.29. The van der Waals surface area contributed by atoms with Crippen LogP contribution in [0, 0.1) is 35.5 Å². The van der Waals surface area contributed by atoms with E-state index >= 15 is 0 Å². The predicted molar refractivity (Wildman–Crippen MR) is 78.6 cm³/mol. The minimum absolute atomic E-state index is 0.00417. The molecular weight excluding hydrogens is 319 g/mol. The number of halogens is 3. The monoisotopic (exact) mass is 333 g/mol. The summed E-state index contributed by atoms with van der Waals surface area (Å²) in [5.74, 6) is -1.05. The van der Waals surface area contributed by atoms with Crippen LogP contribution < -0.4 is 4.90 Å². The minimum Gasteiger partial charge on any atom is -0.274 e. The Balaban J connectivity index is 1.61. The van der Waals surface area contributed by atoms with Crippen LogP contribution in [0.4, 0.5) is 18.9 Å². The average Bonchev–Trinajstić information content (AvgIpc) is 3.31. The first-order chi connectivity index (χ1) is 11.4. The molecular formula is C18H14F3NO2. The van der Waals surface area contributed by atoms with E-state index < -0.39 is 35.4 Å². The maximum absolute atomic E-state index is 13.3. The Hall–Kier alpha value is -2.11. The zero-order chi connectivity index (χ0) is 16.8. The number of nitrogens with zero attached hydrogens (tertiary/aromatic N) is 1. The van der Waals surface area contributed by atoms with E-state index in [1.165, 1.54) is 18.2 Å². The van der Waals surface area contributed by atoms with Crippen molar-refractivity contribution in [3.63, 3.8) is 0 Å². The summed E-state index contributed by atoms with van der Waals surface area (Å²) in [4.78, 5) is 26.6. The molecule has 1 aromatic carbocycles. The lowest BCUT2D eigenvalue weighted by atomic mass is 9.63. The number of imide groups is 1. The van der Waals surface area contributed by atoms with E-state index in [9.17, 15) is 22.8 Å². The Morgan fingerprint density at radius 3 is 2.00 bits per heavy atom. The van der Waals surface area contributed by atoms with Crippen LogP contribution in [0.25, 0.3) is 0 Å². The van der Waals surface area contributed by atoms with Crippen molar-refractivity contribution in [2.24, 2.45) is 35.5 Å². The van der Waals surface area contributed by atoms with Crippen molar-refractivity contribution in [3.8, 4) is 0 Å². The molecule has 6 heteroatoms. The summed E-state index contributed by atoms with van der Waals surface area (Å²) < 4.78 is 39.9. The first kappa shape index (κ1) is 14.3. The summed E-state index contributed by atoms with van der Waals surface area (Å²) in [7, 11) is 0. The van der Waals surface area contributed by atoms with Gasteiger partial charge in [0.2, 0.25) is 11.8 Å². The Morgan fingerprint density at radius 1 is 0.917 bits per heavy atom. The zero-order valence-electron chi connectivity index (χ0n) is 12.5. The van der Waals surface area contributed by atoms with Crippen LogP contribution in [0.2, 0.25) is 0 Å². The van der Waals surface area contributed by atoms with Gasteiger partial charge in [0.05, 0.1) is 23.1 Å². The highest BCUT2D eigenvalue weighted by Gasteiger charge is 2.67. The van der Waals surface area contributed by atoms with Gasteiger partial charge in [-0.2, -0.15) is 13.2 Å². The maximum Gasteiger partial charge on any atom is 0.418 e. The van der Waals surface area contributed by atoms with Crippen LogP contribution in [0.3, 0.4) is 0 Å². The fourth-order valence-electron chi connectivity index (χ4n) is 5.10. The van der Waals surface area contributed by atoms with E-state index in [2.05, 4.69) is 0 Å². The Labute approximate surface area is 136 Å². The Bertz CT molecular complexity index is 764. The van der Waals surface area contributed by atoms with Crippen LogP contribution in [0.15, 0.2) is 36.4 Å². The molecule has 6 atom stereocenters. The van der Waals surface area contributed by atoms with E-state index in [-0.39, 0.29) is 17.5 Å². The zero-order valence-corrected chi connectivity index (χ0v) is 12.5. The number of benzene rings is 1. The van der Waals surface area contributed by atoms with Gasteiger partial charge in [-0.25, -0.2) is 4.90 Å². The number of amides is 2. The number of carbonyl (C=O) groups is 2. The normalized spacial score (nSPS) is 39.2. The summed E-state index contributed by atoms with van der Waals surface area (Å²) in [5.41, 5.74) is -1.27. The molecule has 1 aliphatic heterocycles. The highest BCUT2D eigenvalue weighted by molar-refractivity contribution is 6.23. The highest BCUT2D eigenvalue weighted by atomic mass is 19.4. The summed E-state index contributed by atoms with van der Waals surface area (Å²) in [6, 6.07) is 4.83. The molecule has 0 radical (unpaired) electrons. The summed E-state index contributed by atoms with van der Waals surface area (Å²) in [6.07, 6.45) is 0.425. The van der Waals surface area contributed by atoms with Gasteiger partial charge in [-0.15, -0.1) is 0 Å². The van der Waals surface area contributed by atoms with Gasteiger partial charge in [-0.3, -0.25) is 9.59 Å². The van der Waals surface area contributed by atoms with Crippen molar-refractivity contribution in [1.82, 2.24) is 0 Å². The van der Waals surface area contributed by atoms with Gasteiger partial charge in [0.25, 0.3) is 0 Å². The molecule has 124 valence electrons. The summed E-state index contributed by atoms with van der Waals surface area (Å²) >= 11 is 0. The molecule has 4 aliphatic carbocycles. The molecule has 5 aliphatic rings. The van der Waals surface area contributed by atoms with Crippen LogP contribution in [-0.2, 0) is 15.8 Å². The largest absolute Gasteiger partial charge is 0.418 e. The minimum atomic E-state index is -4.61. The third kappa shape index (κ3) is 1.63. The number of rotatable bonds is 1. The maximum atomic E-state index is 13.3. The highest BCUT2D eigenvalue weighted by Crippen LogP contribution is 2.65. The molecule has 6 rings (SSSR count). The van der Waals surface area contributed by atoms with Gasteiger partial charge >= 0.3 is 6.18 Å². The first-order valence-corrected chi connectivity index (χ1v) is 8.12. The SMILES string of the molecule is O=C1[C@H]2[C@@H]3C=C[C@H]([C@H]4C[C@H]34)[C@@H]2C(=O)N1c1ccccc1C(F)(F)F. The summed E-state index contributed by atoms with van der Waals surface area (Å²) in [6.45, 7) is 0. The molecule has 3 fully saturated rings. The molecule has 24 heavy (non-hydrogen) atoms. The molecule has 0 aromatic heterocycles. The molecule has 3 nitrogen and oxygen atoms in total. The molecule has 2 bridgehead atoms. The van der Waals surface area contributed by atoms with E-state index in [0.717, 1.165) is 17.4 Å². The third-order valence-electron chi connectivity index (χ3n) is 6.11. The number of alkyl halides is 3. The topological polar surface area (TPSA) is 37.4 Å². The van der Waals surface area contributed by atoms with Crippen molar-refractivity contribution < 1.29 is 22.8 Å². The van der Waals surface area contributed by atoms with E-state index in [4.69, 9.17) is 0 Å². The number of anilines is 1. The van der Waals surface area contributed by atoms with Crippen molar-refractivity contribution >= 4 is 17.5 Å². The number of allylic oxidation sites excluding steroid dienone is 2. The molecule has 0 spiro atoms. The molecule has 0 N–H and O–H groups in total. The van der Waals surface area contributed by atoms with Crippen LogP contribution >= 0.6 is 0 Å². The molecule has 0 unspecified atom stereocenters. The number of hydrogen-bond donors (Lipinski definition) is 0. The van der Waals surface area contributed by atoms with Gasteiger partial charge < -0.3 is 0 Å². The first-order valence-electron chi connectivity index (χ1n) is 8.12. The number of hydrogen-bond acceptors (Lipinski definition) is 2. The standard InChI is InChI=1S/C18H14F3NO2/c19-18(20,21)12-3-1-2-4-13(12)22-16(23)14-8-5-6-9(11-7-10(8)11)15(14)17(22)24/h1-6,8-11,14-15H,7H2/t8-,9-,10-,11-,14+,15+/m1/s1. The van der Waals surface area contributed by atoms with E-state index in [1.54, 1.807) is 0 Å². The van der Waals surface area contributed by atoms with Crippen LogP contribution in [-0.4, -0.2) is 11.8 Å². The Kier molecular flexibility index (Phi) is 2.55. The lowest BCUT2D eigenvalue weighted by Crippen LogP contribution is -2.40. The van der Waals surface area contributed by atoms with Crippen molar-refractivity contribution in [2.45, 2.75) is 12.6 Å². The van der Waals surface area contributed by atoms with Crippen LogP contribution in [0.5, 0.6) is 0 Å². The lowest BCUT2D eigenvalue weighted by molar-refractivity contribution is -0.137.